The van der Waals surface area contributed by atoms with E-state index in [-0.39, 0.29) is 5.91 Å². The zero-order valence-corrected chi connectivity index (χ0v) is 9.93. The Kier molecular flexibility index (Phi) is 4.30. The first kappa shape index (κ1) is 12.5. The summed E-state index contributed by atoms with van der Waals surface area (Å²) in [6, 6.07) is 0. The molecule has 6 nitrogen and oxygen atoms in total. The van der Waals surface area contributed by atoms with E-state index in [1.807, 2.05) is 6.92 Å². The molecule has 0 aliphatic heterocycles. The van der Waals surface area contributed by atoms with E-state index in [9.17, 15) is 4.79 Å². The van der Waals surface area contributed by atoms with Gasteiger partial charge in [0.2, 0.25) is 0 Å². The van der Waals surface area contributed by atoms with Gasteiger partial charge in [-0.25, -0.2) is 0 Å². The molecule has 1 aromatic heterocycles. The van der Waals surface area contributed by atoms with Gasteiger partial charge in [0.15, 0.2) is 0 Å². The molecule has 0 saturated carbocycles. The Morgan fingerprint density at radius 1 is 1.69 bits per heavy atom. The van der Waals surface area contributed by atoms with Crippen LogP contribution in [0.5, 0.6) is 0 Å². The fraction of sp³-hybridized carbons (Fsp3) is 0.600. The highest BCUT2D eigenvalue weighted by atomic mass is 16.5. The molecule has 0 unspecified atom stereocenters. The normalized spacial score (nSPS) is 10.4. The average Bonchev–Trinajstić information content (AvgIpc) is 2.66. The summed E-state index contributed by atoms with van der Waals surface area (Å²) in [7, 11) is 3.32. The molecule has 1 rings (SSSR count). The van der Waals surface area contributed by atoms with Crippen molar-refractivity contribution in [2.45, 2.75) is 13.5 Å². The summed E-state index contributed by atoms with van der Waals surface area (Å²) in [6.45, 7) is 3.57. The SMILES string of the molecule is CCn1ncc(N)c1C(=O)N(C)CCOC. The van der Waals surface area contributed by atoms with E-state index in [0.717, 1.165) is 0 Å². The van der Waals surface area contributed by atoms with Gasteiger partial charge < -0.3 is 15.4 Å². The Bertz CT molecular complexity index is 362. The third-order valence-corrected chi connectivity index (χ3v) is 2.35. The standard InChI is InChI=1S/C10H18N4O2/c1-4-14-9(8(11)7-12-14)10(15)13(2)5-6-16-3/h7H,4-6,11H2,1-3H3. The van der Waals surface area contributed by atoms with Crippen LogP contribution in [0.1, 0.15) is 17.4 Å². The summed E-state index contributed by atoms with van der Waals surface area (Å²) in [6.07, 6.45) is 1.50. The molecular weight excluding hydrogens is 208 g/mol. The van der Waals surface area contributed by atoms with Crippen LogP contribution >= 0.6 is 0 Å². The number of carbonyl (C=O) groups excluding carboxylic acids is 1. The van der Waals surface area contributed by atoms with Crippen molar-refractivity contribution in [3.63, 3.8) is 0 Å². The monoisotopic (exact) mass is 226 g/mol. The van der Waals surface area contributed by atoms with Crippen LogP contribution in [0.25, 0.3) is 0 Å². The second kappa shape index (κ2) is 5.50. The number of aromatic nitrogens is 2. The van der Waals surface area contributed by atoms with Crippen LogP contribution in [-0.2, 0) is 11.3 Å². The lowest BCUT2D eigenvalue weighted by Gasteiger charge is -2.17. The molecule has 0 aliphatic rings. The summed E-state index contributed by atoms with van der Waals surface area (Å²) in [5.41, 5.74) is 6.58. The molecule has 0 atom stereocenters. The van der Waals surface area contributed by atoms with Crippen molar-refractivity contribution in [1.29, 1.82) is 0 Å². The summed E-state index contributed by atoms with van der Waals surface area (Å²) < 4.78 is 6.52. The predicted octanol–water partition coefficient (Wildman–Crippen LogP) is 0.204. The summed E-state index contributed by atoms with van der Waals surface area (Å²) in [4.78, 5) is 13.6. The minimum atomic E-state index is -0.131. The second-order valence-electron chi connectivity index (χ2n) is 3.48. The van der Waals surface area contributed by atoms with Crippen molar-refractivity contribution in [3.8, 4) is 0 Å². The third kappa shape index (κ3) is 2.52. The lowest BCUT2D eigenvalue weighted by atomic mass is 10.3. The fourth-order valence-electron chi connectivity index (χ4n) is 1.38. The smallest absolute Gasteiger partial charge is 0.274 e. The molecule has 0 fully saturated rings. The number of rotatable bonds is 5. The van der Waals surface area contributed by atoms with E-state index >= 15 is 0 Å². The zero-order chi connectivity index (χ0) is 12.1. The third-order valence-electron chi connectivity index (χ3n) is 2.35. The number of anilines is 1. The Hall–Kier alpha value is -1.56. The Balaban J connectivity index is 2.82. The Labute approximate surface area is 95.0 Å². The topological polar surface area (TPSA) is 73.4 Å². The van der Waals surface area contributed by atoms with Crippen LogP contribution in [0.3, 0.4) is 0 Å². The van der Waals surface area contributed by atoms with E-state index in [2.05, 4.69) is 5.10 Å². The van der Waals surface area contributed by atoms with Crippen LogP contribution in [0.4, 0.5) is 5.69 Å². The summed E-state index contributed by atoms with van der Waals surface area (Å²) in [5, 5.41) is 4.03. The first-order valence-electron chi connectivity index (χ1n) is 5.17. The minimum Gasteiger partial charge on any atom is -0.396 e. The lowest BCUT2D eigenvalue weighted by molar-refractivity contribution is 0.0733. The quantitative estimate of drug-likeness (QED) is 0.778. The molecule has 90 valence electrons. The minimum absolute atomic E-state index is 0.131. The molecule has 0 aromatic carbocycles. The summed E-state index contributed by atoms with van der Waals surface area (Å²) >= 11 is 0. The van der Waals surface area contributed by atoms with Crippen molar-refractivity contribution in [2.75, 3.05) is 33.0 Å². The fourth-order valence-corrected chi connectivity index (χ4v) is 1.38. The van der Waals surface area contributed by atoms with Gasteiger partial charge in [-0.15, -0.1) is 0 Å². The molecular formula is C10H18N4O2. The number of amides is 1. The van der Waals surface area contributed by atoms with Crippen molar-refractivity contribution in [3.05, 3.63) is 11.9 Å². The van der Waals surface area contributed by atoms with Crippen LogP contribution < -0.4 is 5.73 Å². The summed E-state index contributed by atoms with van der Waals surface area (Å²) in [5.74, 6) is -0.131. The number of carbonyl (C=O) groups is 1. The number of methoxy groups -OCH3 is 1. The lowest BCUT2D eigenvalue weighted by Crippen LogP contribution is -2.32. The number of ether oxygens (including phenoxy) is 1. The molecule has 0 radical (unpaired) electrons. The van der Waals surface area contributed by atoms with Gasteiger partial charge in [-0.05, 0) is 6.92 Å². The van der Waals surface area contributed by atoms with Crippen molar-refractivity contribution < 1.29 is 9.53 Å². The predicted molar refractivity (Wildman–Crippen MR) is 61.1 cm³/mol. The highest BCUT2D eigenvalue weighted by Crippen LogP contribution is 2.12. The molecule has 2 N–H and O–H groups in total. The Morgan fingerprint density at radius 3 is 2.94 bits per heavy atom. The van der Waals surface area contributed by atoms with Crippen LogP contribution in [0.15, 0.2) is 6.20 Å². The van der Waals surface area contributed by atoms with Gasteiger partial charge in [0.25, 0.3) is 5.91 Å². The maximum Gasteiger partial charge on any atom is 0.274 e. The van der Waals surface area contributed by atoms with E-state index in [1.54, 1.807) is 23.7 Å². The number of hydrogen-bond acceptors (Lipinski definition) is 4. The highest BCUT2D eigenvalue weighted by Gasteiger charge is 2.19. The number of likely N-dealkylation sites (N-methyl/N-ethyl adjacent to an activating group) is 1. The molecule has 0 aliphatic carbocycles. The van der Waals surface area contributed by atoms with Gasteiger partial charge in [-0.2, -0.15) is 5.10 Å². The maximum atomic E-state index is 12.0. The van der Waals surface area contributed by atoms with Crippen LogP contribution in [0.2, 0.25) is 0 Å². The first-order valence-corrected chi connectivity index (χ1v) is 5.17. The van der Waals surface area contributed by atoms with E-state index in [4.69, 9.17) is 10.5 Å². The van der Waals surface area contributed by atoms with Gasteiger partial charge >= 0.3 is 0 Å². The second-order valence-corrected chi connectivity index (χ2v) is 3.48. The van der Waals surface area contributed by atoms with Gasteiger partial charge in [-0.3, -0.25) is 9.48 Å². The number of aryl methyl sites for hydroxylation is 1. The zero-order valence-electron chi connectivity index (χ0n) is 9.93. The van der Waals surface area contributed by atoms with Crippen molar-refractivity contribution in [1.82, 2.24) is 14.7 Å². The van der Waals surface area contributed by atoms with E-state index in [1.165, 1.54) is 6.20 Å². The molecule has 6 heteroatoms. The Morgan fingerprint density at radius 2 is 2.38 bits per heavy atom. The number of nitrogens with two attached hydrogens (primary N) is 1. The van der Waals surface area contributed by atoms with E-state index in [0.29, 0.717) is 31.1 Å². The van der Waals surface area contributed by atoms with Crippen LogP contribution in [-0.4, -0.2) is 47.9 Å². The number of hydrogen-bond donors (Lipinski definition) is 1. The number of nitrogen functional groups attached to an aromatic ring is 1. The largest absolute Gasteiger partial charge is 0.396 e. The first-order chi connectivity index (χ1) is 7.61. The van der Waals surface area contributed by atoms with Gasteiger partial charge in [0, 0.05) is 27.2 Å². The van der Waals surface area contributed by atoms with E-state index < -0.39 is 0 Å². The molecule has 16 heavy (non-hydrogen) atoms. The van der Waals surface area contributed by atoms with Crippen molar-refractivity contribution >= 4 is 11.6 Å². The molecule has 0 bridgehead atoms. The molecule has 1 amide bonds. The average molecular weight is 226 g/mol. The molecule has 1 aromatic rings. The number of nitrogens with zero attached hydrogens (tertiary/aromatic N) is 3. The maximum absolute atomic E-state index is 12.0. The van der Waals surface area contributed by atoms with Gasteiger partial charge in [0.05, 0.1) is 18.5 Å². The molecule has 1 heterocycles. The highest BCUT2D eigenvalue weighted by molar-refractivity contribution is 5.97. The molecule has 0 saturated heterocycles. The molecule has 0 spiro atoms. The van der Waals surface area contributed by atoms with Gasteiger partial charge in [0.1, 0.15) is 5.69 Å². The van der Waals surface area contributed by atoms with Gasteiger partial charge in [-0.1, -0.05) is 0 Å². The van der Waals surface area contributed by atoms with Crippen molar-refractivity contribution in [2.24, 2.45) is 0 Å². The van der Waals surface area contributed by atoms with Crippen LogP contribution in [0, 0.1) is 0 Å².